The summed E-state index contributed by atoms with van der Waals surface area (Å²) in [5.41, 5.74) is -2.77. The summed E-state index contributed by atoms with van der Waals surface area (Å²) < 4.78 is 17.3. The summed E-state index contributed by atoms with van der Waals surface area (Å²) in [6.07, 6.45) is -2.65. The molecule has 0 aromatic rings. The smallest absolute Gasteiger partial charge is 0.328 e. The number of rotatable bonds is 6. The van der Waals surface area contributed by atoms with Crippen LogP contribution in [0.3, 0.4) is 0 Å². The molecule has 3 aliphatic rings. The van der Waals surface area contributed by atoms with Gasteiger partial charge in [-0.05, 0) is 31.9 Å². The quantitative estimate of drug-likeness (QED) is 0.223. The Balaban J connectivity index is 1.78. The molecule has 0 radical (unpaired) electrons. The van der Waals surface area contributed by atoms with Gasteiger partial charge in [0.25, 0.3) is 0 Å². The minimum absolute atomic E-state index is 0.236. The van der Waals surface area contributed by atoms with Crippen molar-refractivity contribution >= 4 is 5.97 Å². The third kappa shape index (κ3) is 4.19. The van der Waals surface area contributed by atoms with Gasteiger partial charge in [-0.3, -0.25) is 0 Å². The van der Waals surface area contributed by atoms with Gasteiger partial charge in [0, 0.05) is 17.9 Å². The Hall–Kier alpha value is -1.37. The zero-order valence-electron chi connectivity index (χ0n) is 17.8. The molecule has 1 saturated carbocycles. The highest BCUT2D eigenvalue weighted by molar-refractivity contribution is 5.81. The second kappa shape index (κ2) is 8.53. The molecule has 0 unspecified atom stereocenters. The van der Waals surface area contributed by atoms with Gasteiger partial charge in [-0.15, -0.1) is 0 Å². The number of ether oxygens (including phenoxy) is 3. The van der Waals surface area contributed by atoms with Gasteiger partial charge in [0.2, 0.25) is 0 Å². The average molecular weight is 444 g/mol. The van der Waals surface area contributed by atoms with Crippen molar-refractivity contribution in [1.82, 2.24) is 0 Å². The highest BCUT2D eigenvalue weighted by Crippen LogP contribution is 2.58. The first-order valence-electron chi connectivity index (χ1n) is 10.3. The van der Waals surface area contributed by atoms with Crippen LogP contribution in [0.25, 0.3) is 0 Å². The molecule has 3 fully saturated rings. The van der Waals surface area contributed by atoms with Crippen LogP contribution in [-0.2, 0) is 19.0 Å². The second-order valence-electron chi connectivity index (χ2n) is 9.27. The minimum atomic E-state index is -1.54. The lowest BCUT2D eigenvalue weighted by Crippen LogP contribution is -2.63. The number of carbonyl (C=O) groups is 1. The van der Waals surface area contributed by atoms with Gasteiger partial charge in [-0.25, -0.2) is 4.79 Å². The second-order valence-corrected chi connectivity index (χ2v) is 9.27. The van der Waals surface area contributed by atoms with Crippen LogP contribution in [0.1, 0.15) is 33.6 Å². The normalized spacial score (nSPS) is 48.3. The van der Waals surface area contributed by atoms with Crippen molar-refractivity contribution in [2.45, 2.75) is 81.6 Å². The van der Waals surface area contributed by atoms with Crippen LogP contribution in [0, 0.1) is 5.41 Å². The maximum absolute atomic E-state index is 11.6. The van der Waals surface area contributed by atoms with E-state index in [1.165, 1.54) is 0 Å². The van der Waals surface area contributed by atoms with Crippen LogP contribution in [0.5, 0.6) is 0 Å². The first-order chi connectivity index (χ1) is 14.4. The molecular weight excluding hydrogens is 412 g/mol. The number of aliphatic hydroxyl groups is 5. The highest BCUT2D eigenvalue weighted by Gasteiger charge is 2.67. The Morgan fingerprint density at radius 2 is 1.84 bits per heavy atom. The third-order valence-corrected chi connectivity index (χ3v) is 6.84. The van der Waals surface area contributed by atoms with Crippen LogP contribution >= 0.6 is 0 Å². The van der Waals surface area contributed by atoms with Crippen molar-refractivity contribution in [3.63, 3.8) is 0 Å². The van der Waals surface area contributed by atoms with Gasteiger partial charge < -0.3 is 44.8 Å². The summed E-state index contributed by atoms with van der Waals surface area (Å²) in [7, 11) is 0. The molecule has 10 nitrogen and oxygen atoms in total. The molecule has 176 valence electrons. The number of aliphatic hydroxyl groups excluding tert-OH is 4. The zero-order chi connectivity index (χ0) is 23.2. The number of allylic oxidation sites excluding steroid dienone is 2. The fourth-order valence-electron chi connectivity index (χ4n) is 4.95. The lowest BCUT2D eigenvalue weighted by atomic mass is 9.59. The van der Waals surface area contributed by atoms with E-state index in [1.807, 2.05) is 6.92 Å². The maximum atomic E-state index is 11.6. The van der Waals surface area contributed by atoms with Crippen molar-refractivity contribution in [3.05, 3.63) is 23.8 Å². The van der Waals surface area contributed by atoms with E-state index in [2.05, 4.69) is 0 Å². The Kier molecular flexibility index (Phi) is 6.68. The van der Waals surface area contributed by atoms with Crippen molar-refractivity contribution < 1.29 is 49.6 Å². The Morgan fingerprint density at radius 3 is 2.42 bits per heavy atom. The summed E-state index contributed by atoms with van der Waals surface area (Å²) in [6, 6.07) is 0. The van der Waals surface area contributed by atoms with E-state index in [4.69, 9.17) is 19.3 Å². The molecule has 9 atom stereocenters. The first-order valence-corrected chi connectivity index (χ1v) is 10.3. The third-order valence-electron chi connectivity index (χ3n) is 6.84. The minimum Gasteiger partial charge on any atom is -0.478 e. The Bertz CT molecular complexity index is 728. The van der Waals surface area contributed by atoms with Gasteiger partial charge in [-0.1, -0.05) is 13.0 Å². The SMILES string of the molecule is CC(=C/C(=O)O)/C=C/[C@]1(O)[C@]2(C)CO[C@@]1(C)C[C@H](O[C@@H]1O[C@H](CO)[C@@H](O)[C@H](O)[C@H]1O)C2. The van der Waals surface area contributed by atoms with E-state index >= 15 is 0 Å². The predicted molar refractivity (Wildman–Crippen MR) is 106 cm³/mol. The van der Waals surface area contributed by atoms with E-state index in [-0.39, 0.29) is 13.0 Å². The van der Waals surface area contributed by atoms with Gasteiger partial charge in [0.15, 0.2) is 6.29 Å². The van der Waals surface area contributed by atoms with E-state index in [0.717, 1.165) is 6.08 Å². The van der Waals surface area contributed by atoms with Crippen LogP contribution in [0.4, 0.5) is 0 Å². The molecule has 0 aromatic carbocycles. The van der Waals surface area contributed by atoms with Crippen LogP contribution in [0.15, 0.2) is 23.8 Å². The van der Waals surface area contributed by atoms with Crippen LogP contribution < -0.4 is 0 Å². The number of hydrogen-bond donors (Lipinski definition) is 6. The molecule has 2 saturated heterocycles. The highest BCUT2D eigenvalue weighted by atomic mass is 16.7. The van der Waals surface area contributed by atoms with E-state index in [9.17, 15) is 30.3 Å². The fraction of sp³-hybridized carbons (Fsp3) is 0.762. The van der Waals surface area contributed by atoms with Crippen molar-refractivity contribution in [3.8, 4) is 0 Å². The number of aliphatic carboxylic acids is 1. The average Bonchev–Trinajstić information content (AvgIpc) is 2.79. The topological polar surface area (TPSA) is 166 Å². The zero-order valence-corrected chi connectivity index (χ0v) is 17.8. The first kappa shape index (κ1) is 24.3. The molecule has 2 heterocycles. The lowest BCUT2D eigenvalue weighted by molar-refractivity contribution is -0.319. The Morgan fingerprint density at radius 1 is 1.16 bits per heavy atom. The molecule has 31 heavy (non-hydrogen) atoms. The molecule has 0 aromatic heterocycles. The number of carboxylic acids is 1. The van der Waals surface area contributed by atoms with Crippen molar-refractivity contribution in [1.29, 1.82) is 0 Å². The van der Waals surface area contributed by atoms with Gasteiger partial charge >= 0.3 is 5.97 Å². The van der Waals surface area contributed by atoms with E-state index < -0.39 is 66.0 Å². The summed E-state index contributed by atoms with van der Waals surface area (Å²) in [6.45, 7) is 4.88. The van der Waals surface area contributed by atoms with Crippen molar-refractivity contribution in [2.24, 2.45) is 5.41 Å². The summed E-state index contributed by atoms with van der Waals surface area (Å²) in [5, 5.41) is 60.0. The maximum Gasteiger partial charge on any atom is 0.328 e. The molecule has 10 heteroatoms. The summed E-state index contributed by atoms with van der Waals surface area (Å²) >= 11 is 0. The van der Waals surface area contributed by atoms with Crippen LogP contribution in [-0.4, -0.2) is 97.8 Å². The standard InChI is InChI=1S/C21H32O10/c1-11(6-14(23)24)4-5-21(28)19(2)7-12(8-20(21,3)29-10-19)30-18-17(27)16(26)15(25)13(9-22)31-18/h4-6,12-13,15-18,22,25-28H,7-10H2,1-3H3,(H,23,24)/b5-4+,11-6-/t12-,13-,15-,16+,17-,18-,19+,20+,21+/m1/s1. The Labute approximate surface area is 180 Å². The monoisotopic (exact) mass is 444 g/mol. The predicted octanol–water partition coefficient (Wildman–Crippen LogP) is -0.921. The van der Waals surface area contributed by atoms with Gasteiger partial charge in [0.05, 0.1) is 19.3 Å². The molecule has 0 spiro atoms. The fourth-order valence-corrected chi connectivity index (χ4v) is 4.95. The van der Waals surface area contributed by atoms with Gasteiger partial charge in [0.1, 0.15) is 35.6 Å². The van der Waals surface area contributed by atoms with Crippen LogP contribution in [0.2, 0.25) is 0 Å². The molecule has 6 N–H and O–H groups in total. The largest absolute Gasteiger partial charge is 0.478 e. The molecule has 3 rings (SSSR count). The summed E-state index contributed by atoms with van der Waals surface area (Å²) in [5.74, 6) is -1.08. The number of hydrogen-bond acceptors (Lipinski definition) is 9. The summed E-state index contributed by atoms with van der Waals surface area (Å²) in [4.78, 5) is 10.9. The number of carboxylic acid groups (broad SMARTS) is 1. The molecule has 2 aliphatic heterocycles. The molecule has 2 bridgehead atoms. The molecule has 1 aliphatic carbocycles. The van der Waals surface area contributed by atoms with E-state index in [0.29, 0.717) is 12.0 Å². The van der Waals surface area contributed by atoms with E-state index in [1.54, 1.807) is 26.0 Å². The molecule has 0 amide bonds. The number of fused-ring (bicyclic) bond motifs is 2. The lowest BCUT2D eigenvalue weighted by Gasteiger charge is -2.51. The molecular formula is C21H32O10. The van der Waals surface area contributed by atoms with Gasteiger partial charge in [-0.2, -0.15) is 0 Å². The van der Waals surface area contributed by atoms with Crippen molar-refractivity contribution in [2.75, 3.05) is 13.2 Å².